The average molecular weight is 340 g/mol. The molecule has 1 aromatic heterocycles. The second kappa shape index (κ2) is 8.92. The molecular weight excluding hydrogens is 316 g/mol. The van der Waals surface area contributed by atoms with Crippen LogP contribution in [0.5, 0.6) is 0 Å². The van der Waals surface area contributed by atoms with E-state index >= 15 is 0 Å². The van der Waals surface area contributed by atoms with Crippen molar-refractivity contribution >= 4 is 17.6 Å². The number of amides is 1. The van der Waals surface area contributed by atoms with Crippen molar-refractivity contribution in [2.45, 2.75) is 19.3 Å². The SMILES string of the molecule is O=C(NCCN=C(Nc1ccccc1)N1CCCCC1)c1ccco1. The molecule has 6 heteroatoms. The van der Waals surface area contributed by atoms with Gasteiger partial charge in [-0.1, -0.05) is 18.2 Å². The van der Waals surface area contributed by atoms with Gasteiger partial charge in [0.05, 0.1) is 12.8 Å². The summed E-state index contributed by atoms with van der Waals surface area (Å²) in [5, 5.41) is 6.23. The van der Waals surface area contributed by atoms with Crippen molar-refractivity contribution in [3.05, 3.63) is 54.5 Å². The van der Waals surface area contributed by atoms with Crippen LogP contribution in [0.2, 0.25) is 0 Å². The molecule has 0 radical (unpaired) electrons. The van der Waals surface area contributed by atoms with Gasteiger partial charge in [-0.05, 0) is 43.5 Å². The van der Waals surface area contributed by atoms with Gasteiger partial charge in [0.1, 0.15) is 0 Å². The van der Waals surface area contributed by atoms with E-state index in [2.05, 4.69) is 20.5 Å². The van der Waals surface area contributed by atoms with Crippen LogP contribution in [0.4, 0.5) is 5.69 Å². The molecule has 0 unspecified atom stereocenters. The van der Waals surface area contributed by atoms with E-state index in [1.54, 1.807) is 12.1 Å². The van der Waals surface area contributed by atoms with Crippen molar-refractivity contribution in [2.75, 3.05) is 31.5 Å². The number of carbonyl (C=O) groups is 1. The molecule has 3 rings (SSSR count). The number of benzene rings is 1. The predicted octanol–water partition coefficient (Wildman–Crippen LogP) is 2.96. The van der Waals surface area contributed by atoms with Crippen molar-refractivity contribution < 1.29 is 9.21 Å². The van der Waals surface area contributed by atoms with Crippen LogP contribution >= 0.6 is 0 Å². The average Bonchev–Trinajstić information content (AvgIpc) is 3.20. The maximum Gasteiger partial charge on any atom is 0.287 e. The summed E-state index contributed by atoms with van der Waals surface area (Å²) in [5.74, 6) is 0.983. The maximum atomic E-state index is 11.9. The summed E-state index contributed by atoms with van der Waals surface area (Å²) in [4.78, 5) is 18.8. The summed E-state index contributed by atoms with van der Waals surface area (Å²) < 4.78 is 5.08. The Hall–Kier alpha value is -2.76. The zero-order valence-corrected chi connectivity index (χ0v) is 14.3. The van der Waals surface area contributed by atoms with E-state index in [9.17, 15) is 4.79 Å². The Morgan fingerprint density at radius 3 is 2.60 bits per heavy atom. The van der Waals surface area contributed by atoms with Gasteiger partial charge in [0.2, 0.25) is 0 Å². The van der Waals surface area contributed by atoms with Gasteiger partial charge in [0, 0.05) is 25.3 Å². The molecule has 1 fully saturated rings. The van der Waals surface area contributed by atoms with E-state index < -0.39 is 0 Å². The van der Waals surface area contributed by atoms with Crippen molar-refractivity contribution in [3.8, 4) is 0 Å². The van der Waals surface area contributed by atoms with E-state index in [1.807, 2.05) is 30.3 Å². The van der Waals surface area contributed by atoms with Crippen LogP contribution in [0, 0.1) is 0 Å². The number of hydrogen-bond donors (Lipinski definition) is 2. The van der Waals surface area contributed by atoms with Crippen molar-refractivity contribution in [2.24, 2.45) is 4.99 Å². The molecule has 1 saturated heterocycles. The summed E-state index contributed by atoms with van der Waals surface area (Å²) >= 11 is 0. The first-order chi connectivity index (χ1) is 12.3. The number of guanidine groups is 1. The standard InChI is InChI=1S/C19H24N4O2/c24-18(17-10-7-15-25-17)20-11-12-21-19(23-13-5-2-6-14-23)22-16-8-3-1-4-9-16/h1,3-4,7-10,15H,2,5-6,11-14H2,(H,20,24)(H,21,22). The van der Waals surface area contributed by atoms with Gasteiger partial charge in [-0.15, -0.1) is 0 Å². The van der Waals surface area contributed by atoms with Crippen LogP contribution in [0.1, 0.15) is 29.8 Å². The van der Waals surface area contributed by atoms with Gasteiger partial charge in [-0.3, -0.25) is 9.79 Å². The van der Waals surface area contributed by atoms with Crippen LogP contribution in [-0.2, 0) is 0 Å². The topological polar surface area (TPSA) is 69.9 Å². The number of rotatable bonds is 5. The van der Waals surface area contributed by atoms with Gasteiger partial charge in [-0.2, -0.15) is 0 Å². The van der Waals surface area contributed by atoms with Gasteiger partial charge < -0.3 is 20.0 Å². The Balaban J connectivity index is 1.57. The first-order valence-corrected chi connectivity index (χ1v) is 8.76. The molecular formula is C19H24N4O2. The monoisotopic (exact) mass is 340 g/mol. The molecule has 2 aromatic rings. The van der Waals surface area contributed by atoms with E-state index in [4.69, 9.17) is 4.42 Å². The lowest BCUT2D eigenvalue weighted by atomic mass is 10.1. The minimum absolute atomic E-state index is 0.212. The Bertz CT molecular complexity index is 677. The number of furan rings is 1. The maximum absolute atomic E-state index is 11.9. The van der Waals surface area contributed by atoms with Gasteiger partial charge >= 0.3 is 0 Å². The molecule has 0 atom stereocenters. The molecule has 0 saturated carbocycles. The fourth-order valence-corrected chi connectivity index (χ4v) is 2.80. The molecule has 0 spiro atoms. The second-order valence-corrected chi connectivity index (χ2v) is 5.98. The lowest BCUT2D eigenvalue weighted by Crippen LogP contribution is -2.40. The van der Waals surface area contributed by atoms with Crippen LogP contribution in [0.3, 0.4) is 0 Å². The van der Waals surface area contributed by atoms with Crippen molar-refractivity contribution in [1.82, 2.24) is 10.2 Å². The third-order valence-corrected chi connectivity index (χ3v) is 4.09. The van der Waals surface area contributed by atoms with Gasteiger partial charge in [0.15, 0.2) is 11.7 Å². The Morgan fingerprint density at radius 2 is 1.88 bits per heavy atom. The van der Waals surface area contributed by atoms with Crippen molar-refractivity contribution in [3.63, 3.8) is 0 Å². The molecule has 1 aliphatic heterocycles. The number of anilines is 1. The molecule has 2 N–H and O–H groups in total. The van der Waals surface area contributed by atoms with Crippen LogP contribution in [0.15, 0.2) is 58.1 Å². The molecule has 132 valence electrons. The molecule has 6 nitrogen and oxygen atoms in total. The largest absolute Gasteiger partial charge is 0.459 e. The van der Waals surface area contributed by atoms with Gasteiger partial charge in [-0.25, -0.2) is 0 Å². The first-order valence-electron chi connectivity index (χ1n) is 8.76. The van der Waals surface area contributed by atoms with Crippen LogP contribution in [-0.4, -0.2) is 42.9 Å². The lowest BCUT2D eigenvalue weighted by molar-refractivity contribution is 0.0927. The highest BCUT2D eigenvalue weighted by molar-refractivity contribution is 5.94. The van der Waals surface area contributed by atoms with Crippen LogP contribution < -0.4 is 10.6 Å². The first kappa shape index (κ1) is 17.1. The molecule has 0 aliphatic carbocycles. The number of para-hydroxylation sites is 1. The molecule has 1 amide bonds. The Labute approximate surface area is 147 Å². The molecule has 2 heterocycles. The fraction of sp³-hybridized carbons (Fsp3) is 0.368. The fourth-order valence-electron chi connectivity index (χ4n) is 2.80. The minimum atomic E-state index is -0.212. The zero-order valence-electron chi connectivity index (χ0n) is 14.3. The molecule has 25 heavy (non-hydrogen) atoms. The number of nitrogens with one attached hydrogen (secondary N) is 2. The van der Waals surface area contributed by atoms with E-state index in [1.165, 1.54) is 25.5 Å². The Morgan fingerprint density at radius 1 is 1.08 bits per heavy atom. The highest BCUT2D eigenvalue weighted by atomic mass is 16.3. The molecule has 1 aliphatic rings. The summed E-state index contributed by atoms with van der Waals surface area (Å²) in [6.07, 6.45) is 5.13. The van der Waals surface area contributed by atoms with E-state index in [0.29, 0.717) is 18.8 Å². The molecule has 0 bridgehead atoms. The summed E-state index contributed by atoms with van der Waals surface area (Å²) in [6.45, 7) is 3.00. The summed E-state index contributed by atoms with van der Waals surface area (Å²) in [7, 11) is 0. The highest BCUT2D eigenvalue weighted by Crippen LogP contribution is 2.12. The number of aliphatic imine (C=N–C) groups is 1. The number of hydrogen-bond acceptors (Lipinski definition) is 3. The lowest BCUT2D eigenvalue weighted by Gasteiger charge is -2.30. The number of nitrogens with zero attached hydrogens (tertiary/aromatic N) is 2. The number of piperidine rings is 1. The third-order valence-electron chi connectivity index (χ3n) is 4.09. The highest BCUT2D eigenvalue weighted by Gasteiger charge is 2.15. The normalized spacial score (nSPS) is 15.0. The van der Waals surface area contributed by atoms with Crippen LogP contribution in [0.25, 0.3) is 0 Å². The predicted molar refractivity (Wildman–Crippen MR) is 98.8 cm³/mol. The number of carbonyl (C=O) groups excluding carboxylic acids is 1. The summed E-state index contributed by atoms with van der Waals surface area (Å²) in [5.41, 5.74) is 1.02. The van der Waals surface area contributed by atoms with E-state index in [-0.39, 0.29) is 5.91 Å². The molecule has 1 aromatic carbocycles. The minimum Gasteiger partial charge on any atom is -0.459 e. The van der Waals surface area contributed by atoms with Gasteiger partial charge in [0.25, 0.3) is 5.91 Å². The second-order valence-electron chi connectivity index (χ2n) is 5.98. The smallest absolute Gasteiger partial charge is 0.287 e. The third kappa shape index (κ3) is 5.11. The number of likely N-dealkylation sites (tertiary alicyclic amines) is 1. The van der Waals surface area contributed by atoms with E-state index in [0.717, 1.165) is 24.7 Å². The Kier molecular flexibility index (Phi) is 6.09. The summed E-state index contributed by atoms with van der Waals surface area (Å²) in [6, 6.07) is 13.4. The van der Waals surface area contributed by atoms with Crippen molar-refractivity contribution in [1.29, 1.82) is 0 Å². The quantitative estimate of drug-likeness (QED) is 0.499. The zero-order chi connectivity index (χ0) is 17.3.